The number of nitrogens with one attached hydrogen (secondary N) is 1. The third-order valence-corrected chi connectivity index (χ3v) is 3.22. The van der Waals surface area contributed by atoms with E-state index in [1.165, 1.54) is 4.90 Å². The molecule has 0 spiro atoms. The number of hydrogen-bond acceptors (Lipinski definition) is 2. The SMILES string of the molecule is CCNC(=S)c1ccc(SC(C)C)cc1. The molecule has 15 heavy (non-hydrogen) atoms. The van der Waals surface area contributed by atoms with E-state index in [1.807, 2.05) is 11.8 Å². The predicted octanol–water partition coefficient (Wildman–Crippen LogP) is 3.47. The maximum absolute atomic E-state index is 5.23. The Hall–Kier alpha value is -0.540. The van der Waals surface area contributed by atoms with Crippen molar-refractivity contribution in [3.8, 4) is 0 Å². The maximum Gasteiger partial charge on any atom is 0.106 e. The molecule has 1 N–H and O–H groups in total. The molecule has 0 aromatic heterocycles. The van der Waals surface area contributed by atoms with E-state index in [9.17, 15) is 0 Å². The number of rotatable bonds is 4. The van der Waals surface area contributed by atoms with Gasteiger partial charge in [-0.05, 0) is 19.1 Å². The lowest BCUT2D eigenvalue weighted by molar-refractivity contribution is 0.982. The van der Waals surface area contributed by atoms with E-state index >= 15 is 0 Å². The number of hydrogen-bond donors (Lipinski definition) is 1. The van der Waals surface area contributed by atoms with E-state index in [4.69, 9.17) is 12.2 Å². The Morgan fingerprint density at radius 2 is 1.93 bits per heavy atom. The van der Waals surface area contributed by atoms with E-state index in [1.54, 1.807) is 0 Å². The van der Waals surface area contributed by atoms with Crippen molar-refractivity contribution in [1.82, 2.24) is 5.32 Å². The smallest absolute Gasteiger partial charge is 0.106 e. The standard InChI is InChI=1S/C12H17NS2/c1-4-13-12(14)10-5-7-11(8-6-10)15-9(2)3/h5-9H,4H2,1-3H3,(H,13,14). The Morgan fingerprint density at radius 3 is 2.40 bits per heavy atom. The lowest BCUT2D eigenvalue weighted by Crippen LogP contribution is -2.21. The molecule has 82 valence electrons. The molecule has 0 fully saturated rings. The molecule has 1 rings (SSSR count). The minimum absolute atomic E-state index is 0.622. The van der Waals surface area contributed by atoms with Crippen LogP contribution in [0.5, 0.6) is 0 Å². The molecule has 0 saturated carbocycles. The van der Waals surface area contributed by atoms with Gasteiger partial charge in [0.2, 0.25) is 0 Å². The summed E-state index contributed by atoms with van der Waals surface area (Å²) >= 11 is 7.10. The first-order chi connectivity index (χ1) is 7.13. The lowest BCUT2D eigenvalue weighted by atomic mass is 10.2. The molecule has 0 aliphatic carbocycles. The molecule has 1 nitrogen and oxygen atoms in total. The van der Waals surface area contributed by atoms with Gasteiger partial charge < -0.3 is 5.32 Å². The molecule has 0 saturated heterocycles. The molecule has 3 heteroatoms. The van der Waals surface area contributed by atoms with Crippen LogP contribution in [0.2, 0.25) is 0 Å². The summed E-state index contributed by atoms with van der Waals surface area (Å²) in [6.07, 6.45) is 0. The molecule has 0 atom stereocenters. The first kappa shape index (κ1) is 12.5. The second kappa shape index (κ2) is 6.13. The Bertz CT molecular complexity index is 317. The summed E-state index contributed by atoms with van der Waals surface area (Å²) in [6.45, 7) is 7.32. The van der Waals surface area contributed by atoms with Crippen molar-refractivity contribution in [1.29, 1.82) is 0 Å². The van der Waals surface area contributed by atoms with Gasteiger partial charge in [0.1, 0.15) is 4.99 Å². The van der Waals surface area contributed by atoms with Gasteiger partial charge in [0.05, 0.1) is 0 Å². The molecule has 0 heterocycles. The molecule has 0 aliphatic heterocycles. The van der Waals surface area contributed by atoms with Gasteiger partial charge in [0.25, 0.3) is 0 Å². The number of thioether (sulfide) groups is 1. The van der Waals surface area contributed by atoms with Crippen LogP contribution in [0.3, 0.4) is 0 Å². The molecular formula is C12H17NS2. The Morgan fingerprint density at radius 1 is 1.33 bits per heavy atom. The van der Waals surface area contributed by atoms with Gasteiger partial charge in [-0.1, -0.05) is 38.2 Å². The van der Waals surface area contributed by atoms with Crippen LogP contribution in [0.15, 0.2) is 29.2 Å². The average Bonchev–Trinajstić information content (AvgIpc) is 2.18. The molecule has 1 aromatic rings. The van der Waals surface area contributed by atoms with Gasteiger partial charge in [-0.2, -0.15) is 0 Å². The fourth-order valence-corrected chi connectivity index (χ4v) is 2.34. The second-order valence-electron chi connectivity index (χ2n) is 3.55. The van der Waals surface area contributed by atoms with Gasteiger partial charge in [0.15, 0.2) is 0 Å². The van der Waals surface area contributed by atoms with E-state index in [2.05, 4.69) is 50.4 Å². The van der Waals surface area contributed by atoms with Crippen LogP contribution in [-0.2, 0) is 0 Å². The normalized spacial score (nSPS) is 10.4. The fraction of sp³-hybridized carbons (Fsp3) is 0.417. The highest BCUT2D eigenvalue weighted by Crippen LogP contribution is 2.22. The number of benzene rings is 1. The highest BCUT2D eigenvalue weighted by molar-refractivity contribution is 7.99. The van der Waals surface area contributed by atoms with Gasteiger partial charge in [-0.15, -0.1) is 11.8 Å². The molecule has 0 unspecified atom stereocenters. The summed E-state index contributed by atoms with van der Waals surface area (Å²) in [5, 5.41) is 3.77. The van der Waals surface area contributed by atoms with Crippen molar-refractivity contribution in [2.45, 2.75) is 30.9 Å². The predicted molar refractivity (Wildman–Crippen MR) is 72.8 cm³/mol. The van der Waals surface area contributed by atoms with Crippen molar-refractivity contribution >= 4 is 29.0 Å². The largest absolute Gasteiger partial charge is 0.376 e. The number of thiocarbonyl (C=S) groups is 1. The summed E-state index contributed by atoms with van der Waals surface area (Å²) in [7, 11) is 0. The monoisotopic (exact) mass is 239 g/mol. The maximum atomic E-state index is 5.23. The highest BCUT2D eigenvalue weighted by Gasteiger charge is 2.01. The lowest BCUT2D eigenvalue weighted by Gasteiger charge is -2.07. The summed E-state index contributed by atoms with van der Waals surface area (Å²) in [4.78, 5) is 2.13. The van der Waals surface area contributed by atoms with Crippen LogP contribution in [-0.4, -0.2) is 16.8 Å². The zero-order valence-corrected chi connectivity index (χ0v) is 11.0. The summed E-state index contributed by atoms with van der Waals surface area (Å²) in [5.74, 6) is 0. The summed E-state index contributed by atoms with van der Waals surface area (Å²) in [6, 6.07) is 8.42. The van der Waals surface area contributed by atoms with E-state index in [-0.39, 0.29) is 0 Å². The molecule has 1 aromatic carbocycles. The van der Waals surface area contributed by atoms with Crippen LogP contribution in [0.1, 0.15) is 26.3 Å². The van der Waals surface area contributed by atoms with Gasteiger partial charge >= 0.3 is 0 Å². The zero-order chi connectivity index (χ0) is 11.3. The van der Waals surface area contributed by atoms with Crippen LogP contribution in [0.4, 0.5) is 0 Å². The fourth-order valence-electron chi connectivity index (χ4n) is 1.22. The third-order valence-electron chi connectivity index (χ3n) is 1.83. The highest BCUT2D eigenvalue weighted by atomic mass is 32.2. The molecule has 0 aliphatic rings. The van der Waals surface area contributed by atoms with Crippen molar-refractivity contribution in [3.63, 3.8) is 0 Å². The third kappa shape index (κ3) is 4.22. The Balaban J connectivity index is 2.67. The minimum atomic E-state index is 0.622. The van der Waals surface area contributed by atoms with Gasteiger partial charge in [-0.3, -0.25) is 0 Å². The summed E-state index contributed by atoms with van der Waals surface area (Å²) < 4.78 is 0. The van der Waals surface area contributed by atoms with Crippen molar-refractivity contribution in [2.24, 2.45) is 0 Å². The molecule has 0 radical (unpaired) electrons. The Labute approximate surface area is 102 Å². The van der Waals surface area contributed by atoms with Crippen LogP contribution < -0.4 is 5.32 Å². The molecular weight excluding hydrogens is 222 g/mol. The van der Waals surface area contributed by atoms with Crippen LogP contribution in [0, 0.1) is 0 Å². The minimum Gasteiger partial charge on any atom is -0.376 e. The van der Waals surface area contributed by atoms with E-state index < -0.39 is 0 Å². The Kier molecular flexibility index (Phi) is 5.12. The summed E-state index contributed by atoms with van der Waals surface area (Å²) in [5.41, 5.74) is 1.10. The first-order valence-corrected chi connectivity index (χ1v) is 6.47. The zero-order valence-electron chi connectivity index (χ0n) is 9.41. The van der Waals surface area contributed by atoms with E-state index in [0.29, 0.717) is 5.25 Å². The van der Waals surface area contributed by atoms with Gasteiger partial charge in [0, 0.05) is 22.3 Å². The van der Waals surface area contributed by atoms with Crippen molar-refractivity contribution < 1.29 is 0 Å². The quantitative estimate of drug-likeness (QED) is 0.638. The van der Waals surface area contributed by atoms with Gasteiger partial charge in [-0.25, -0.2) is 0 Å². The average molecular weight is 239 g/mol. The van der Waals surface area contributed by atoms with Crippen molar-refractivity contribution in [3.05, 3.63) is 29.8 Å². The van der Waals surface area contributed by atoms with Crippen molar-refractivity contribution in [2.75, 3.05) is 6.54 Å². The van der Waals surface area contributed by atoms with Crippen LogP contribution in [0.25, 0.3) is 0 Å². The topological polar surface area (TPSA) is 12.0 Å². The first-order valence-electron chi connectivity index (χ1n) is 5.18. The molecule has 0 bridgehead atoms. The van der Waals surface area contributed by atoms with Crippen LogP contribution >= 0.6 is 24.0 Å². The van der Waals surface area contributed by atoms with E-state index in [0.717, 1.165) is 17.1 Å². The molecule has 0 amide bonds. The second-order valence-corrected chi connectivity index (χ2v) is 5.61.